The molecular formula is C17H15N3O3. The van der Waals surface area contributed by atoms with E-state index < -0.39 is 5.97 Å². The highest BCUT2D eigenvalue weighted by atomic mass is 16.5. The van der Waals surface area contributed by atoms with Crippen LogP contribution in [0.5, 0.6) is 5.75 Å². The predicted molar refractivity (Wildman–Crippen MR) is 84.4 cm³/mol. The second kappa shape index (κ2) is 5.64. The van der Waals surface area contributed by atoms with Gasteiger partial charge in [0.2, 0.25) is 0 Å². The topological polar surface area (TPSA) is 74.1 Å². The summed E-state index contributed by atoms with van der Waals surface area (Å²) in [5, 5.41) is 5.12. The quantitative estimate of drug-likeness (QED) is 0.422. The number of nitrogens with zero attached hydrogens (tertiary/aromatic N) is 3. The number of aryl methyl sites for hydroxylation is 2. The third-order valence-electron chi connectivity index (χ3n) is 3.51. The zero-order chi connectivity index (χ0) is 16.6. The first-order chi connectivity index (χ1) is 11.0. The highest BCUT2D eigenvalue weighted by Gasteiger charge is 2.17. The summed E-state index contributed by atoms with van der Waals surface area (Å²) >= 11 is 0. The summed E-state index contributed by atoms with van der Waals surface area (Å²) in [4.78, 5) is 28.3. The number of carbonyl (C=O) groups excluding carboxylic acids is 2. The second-order valence-corrected chi connectivity index (χ2v) is 5.22. The first kappa shape index (κ1) is 14.9. The van der Waals surface area contributed by atoms with Crippen LogP contribution in [0.4, 0.5) is 0 Å². The molecule has 6 heteroatoms. The summed E-state index contributed by atoms with van der Waals surface area (Å²) in [7, 11) is 1.81. The largest absolute Gasteiger partial charge is 0.426 e. The SMILES string of the molecule is CC(=O)Oc1ccccc1C(=O)c1cnc2c(c1)c(C)nn2C. The maximum absolute atomic E-state index is 12.8. The van der Waals surface area contributed by atoms with Gasteiger partial charge in [0, 0.05) is 31.1 Å². The fourth-order valence-corrected chi connectivity index (χ4v) is 2.49. The highest BCUT2D eigenvalue weighted by Crippen LogP contribution is 2.24. The number of rotatable bonds is 3. The maximum atomic E-state index is 12.8. The van der Waals surface area contributed by atoms with Crippen molar-refractivity contribution in [2.24, 2.45) is 7.05 Å². The van der Waals surface area contributed by atoms with Crippen molar-refractivity contribution in [3.63, 3.8) is 0 Å². The van der Waals surface area contributed by atoms with E-state index in [9.17, 15) is 9.59 Å². The molecule has 23 heavy (non-hydrogen) atoms. The molecule has 0 N–H and O–H groups in total. The zero-order valence-corrected chi connectivity index (χ0v) is 13.0. The van der Waals surface area contributed by atoms with Crippen LogP contribution < -0.4 is 4.74 Å². The molecule has 0 saturated carbocycles. The summed E-state index contributed by atoms with van der Waals surface area (Å²) in [5.41, 5.74) is 2.27. The predicted octanol–water partition coefficient (Wildman–Crippen LogP) is 2.43. The summed E-state index contributed by atoms with van der Waals surface area (Å²) in [6.07, 6.45) is 1.51. The Morgan fingerprint density at radius 3 is 2.70 bits per heavy atom. The van der Waals surface area contributed by atoms with E-state index in [1.54, 1.807) is 42.1 Å². The Balaban J connectivity index is 2.07. The molecule has 3 aromatic rings. The minimum atomic E-state index is -0.470. The number of fused-ring (bicyclic) bond motifs is 1. The van der Waals surface area contributed by atoms with Crippen molar-refractivity contribution in [2.45, 2.75) is 13.8 Å². The number of hydrogen-bond acceptors (Lipinski definition) is 5. The van der Waals surface area contributed by atoms with Crippen molar-refractivity contribution in [2.75, 3.05) is 0 Å². The Bertz CT molecular complexity index is 928. The lowest BCUT2D eigenvalue weighted by atomic mass is 10.0. The van der Waals surface area contributed by atoms with Crippen LogP contribution >= 0.6 is 0 Å². The van der Waals surface area contributed by atoms with Crippen LogP contribution in [-0.2, 0) is 11.8 Å². The molecule has 0 fully saturated rings. The first-order valence-corrected chi connectivity index (χ1v) is 7.09. The van der Waals surface area contributed by atoms with Gasteiger partial charge >= 0.3 is 5.97 Å². The number of hydrogen-bond donors (Lipinski definition) is 0. The van der Waals surface area contributed by atoms with Crippen molar-refractivity contribution in [3.8, 4) is 5.75 Å². The van der Waals surface area contributed by atoms with Crippen LogP contribution in [0.3, 0.4) is 0 Å². The Labute approximate surface area is 132 Å². The summed E-state index contributed by atoms with van der Waals surface area (Å²) < 4.78 is 6.78. The van der Waals surface area contributed by atoms with Crippen molar-refractivity contribution in [1.82, 2.24) is 14.8 Å². The van der Waals surface area contributed by atoms with Gasteiger partial charge in [0.1, 0.15) is 5.75 Å². The number of esters is 1. The molecule has 6 nitrogen and oxygen atoms in total. The molecule has 0 atom stereocenters. The van der Waals surface area contributed by atoms with Crippen LogP contribution in [0, 0.1) is 6.92 Å². The normalized spacial score (nSPS) is 10.7. The Hall–Kier alpha value is -3.02. The smallest absolute Gasteiger partial charge is 0.308 e. The monoisotopic (exact) mass is 309 g/mol. The lowest BCUT2D eigenvalue weighted by molar-refractivity contribution is -0.131. The molecule has 0 amide bonds. The third-order valence-corrected chi connectivity index (χ3v) is 3.51. The van der Waals surface area contributed by atoms with Crippen LogP contribution in [0.1, 0.15) is 28.5 Å². The average Bonchev–Trinajstić information content (AvgIpc) is 2.81. The molecule has 0 bridgehead atoms. The van der Waals surface area contributed by atoms with Crippen molar-refractivity contribution < 1.29 is 14.3 Å². The molecule has 0 spiro atoms. The van der Waals surface area contributed by atoms with E-state index in [0.717, 1.165) is 11.1 Å². The van der Waals surface area contributed by atoms with Gasteiger partial charge in [-0.15, -0.1) is 0 Å². The van der Waals surface area contributed by atoms with Gasteiger partial charge < -0.3 is 4.74 Å². The van der Waals surface area contributed by atoms with E-state index in [1.807, 2.05) is 6.92 Å². The molecule has 3 rings (SSSR count). The highest BCUT2D eigenvalue weighted by molar-refractivity contribution is 6.12. The number of para-hydroxylation sites is 1. The van der Waals surface area contributed by atoms with E-state index in [0.29, 0.717) is 16.8 Å². The minimum absolute atomic E-state index is 0.244. The molecule has 1 aromatic carbocycles. The van der Waals surface area contributed by atoms with Gasteiger partial charge in [-0.25, -0.2) is 4.98 Å². The van der Waals surface area contributed by atoms with Crippen LogP contribution in [0.15, 0.2) is 36.5 Å². The molecule has 2 heterocycles. The minimum Gasteiger partial charge on any atom is -0.426 e. The number of ether oxygens (including phenoxy) is 1. The zero-order valence-electron chi connectivity index (χ0n) is 13.0. The van der Waals surface area contributed by atoms with Gasteiger partial charge in [-0.05, 0) is 25.1 Å². The van der Waals surface area contributed by atoms with Crippen molar-refractivity contribution in [3.05, 3.63) is 53.3 Å². The fraction of sp³-hybridized carbons (Fsp3) is 0.176. The summed E-state index contributed by atoms with van der Waals surface area (Å²) in [5.74, 6) is -0.477. The lowest BCUT2D eigenvalue weighted by Gasteiger charge is -2.08. The molecule has 0 aliphatic carbocycles. The van der Waals surface area contributed by atoms with E-state index in [-0.39, 0.29) is 11.5 Å². The number of carbonyl (C=O) groups is 2. The van der Waals surface area contributed by atoms with Gasteiger partial charge in [0.25, 0.3) is 0 Å². The molecule has 0 aliphatic rings. The number of aromatic nitrogens is 3. The Morgan fingerprint density at radius 1 is 1.22 bits per heavy atom. The van der Waals surface area contributed by atoms with Crippen LogP contribution in [0.2, 0.25) is 0 Å². The first-order valence-electron chi connectivity index (χ1n) is 7.09. The van der Waals surface area contributed by atoms with Crippen molar-refractivity contribution in [1.29, 1.82) is 0 Å². The Morgan fingerprint density at radius 2 is 1.96 bits per heavy atom. The van der Waals surface area contributed by atoms with E-state index in [2.05, 4.69) is 10.1 Å². The second-order valence-electron chi connectivity index (χ2n) is 5.22. The maximum Gasteiger partial charge on any atom is 0.308 e. The Kier molecular flexibility index (Phi) is 3.65. The third kappa shape index (κ3) is 2.70. The molecule has 116 valence electrons. The summed E-state index contributed by atoms with van der Waals surface area (Å²) in [6.45, 7) is 3.17. The molecule has 0 saturated heterocycles. The molecule has 0 unspecified atom stereocenters. The van der Waals surface area contributed by atoms with Gasteiger partial charge in [-0.3, -0.25) is 14.3 Å². The summed E-state index contributed by atoms with van der Waals surface area (Å²) in [6, 6.07) is 8.41. The number of benzene rings is 1. The van der Waals surface area contributed by atoms with E-state index in [4.69, 9.17) is 4.74 Å². The molecular weight excluding hydrogens is 294 g/mol. The van der Waals surface area contributed by atoms with Crippen LogP contribution in [-0.4, -0.2) is 26.5 Å². The standard InChI is InChI=1S/C17H15N3O3/c1-10-14-8-12(9-18-17(14)20(3)19-10)16(22)13-6-4-5-7-15(13)23-11(2)21/h4-9H,1-3H3. The number of pyridine rings is 1. The van der Waals surface area contributed by atoms with Gasteiger partial charge in [-0.2, -0.15) is 5.10 Å². The van der Waals surface area contributed by atoms with Crippen molar-refractivity contribution >= 4 is 22.8 Å². The fourth-order valence-electron chi connectivity index (χ4n) is 2.49. The number of ketones is 1. The molecule has 2 aromatic heterocycles. The van der Waals surface area contributed by atoms with Gasteiger partial charge in [0.15, 0.2) is 11.4 Å². The average molecular weight is 309 g/mol. The van der Waals surface area contributed by atoms with E-state index >= 15 is 0 Å². The van der Waals surface area contributed by atoms with Gasteiger partial charge in [0.05, 0.1) is 11.3 Å². The van der Waals surface area contributed by atoms with Crippen LogP contribution in [0.25, 0.3) is 11.0 Å². The van der Waals surface area contributed by atoms with E-state index in [1.165, 1.54) is 13.1 Å². The lowest BCUT2D eigenvalue weighted by Crippen LogP contribution is -2.09. The molecule has 0 radical (unpaired) electrons. The molecule has 0 aliphatic heterocycles. The van der Waals surface area contributed by atoms with Gasteiger partial charge in [-0.1, -0.05) is 12.1 Å².